The van der Waals surface area contributed by atoms with E-state index in [1.54, 1.807) is 18.5 Å². The molecule has 0 radical (unpaired) electrons. The van der Waals surface area contributed by atoms with Gasteiger partial charge in [0.15, 0.2) is 0 Å². The number of aliphatic carboxylic acids is 1. The van der Waals surface area contributed by atoms with Crippen LogP contribution in [0.5, 0.6) is 5.75 Å². The van der Waals surface area contributed by atoms with Crippen molar-refractivity contribution in [3.8, 4) is 5.75 Å². The molecule has 23 heavy (non-hydrogen) atoms. The minimum absolute atomic E-state index is 0.301. The van der Waals surface area contributed by atoms with Gasteiger partial charge in [-0.05, 0) is 30.7 Å². The smallest absolute Gasteiger partial charge is 0.321 e. The first-order valence-electron chi connectivity index (χ1n) is 7.50. The molecule has 1 aliphatic rings. The van der Waals surface area contributed by atoms with E-state index in [9.17, 15) is 14.3 Å². The van der Waals surface area contributed by atoms with Crippen molar-refractivity contribution in [2.75, 3.05) is 13.2 Å². The van der Waals surface area contributed by atoms with Crippen molar-refractivity contribution in [1.82, 2.24) is 14.9 Å². The van der Waals surface area contributed by atoms with Crippen LogP contribution in [0, 0.1) is 5.82 Å². The topological polar surface area (TPSA) is 78.4 Å². The average molecular weight is 319 g/mol. The van der Waals surface area contributed by atoms with E-state index >= 15 is 0 Å². The van der Waals surface area contributed by atoms with Crippen molar-refractivity contribution in [1.29, 1.82) is 0 Å². The molecule has 0 unspecified atom stereocenters. The highest BCUT2D eigenvalue weighted by Crippen LogP contribution is 2.21. The summed E-state index contributed by atoms with van der Waals surface area (Å²) in [5.74, 6) is -0.529. The second-order valence-corrected chi connectivity index (χ2v) is 5.51. The van der Waals surface area contributed by atoms with Crippen LogP contribution in [0.1, 0.15) is 17.8 Å². The number of imidazole rings is 1. The predicted octanol–water partition coefficient (Wildman–Crippen LogP) is 1.83. The normalized spacial score (nSPS) is 17.7. The van der Waals surface area contributed by atoms with Crippen LogP contribution in [0.25, 0.3) is 0 Å². The lowest BCUT2D eigenvalue weighted by molar-refractivity contribution is -0.144. The van der Waals surface area contributed by atoms with E-state index in [4.69, 9.17) is 4.74 Å². The summed E-state index contributed by atoms with van der Waals surface area (Å²) in [5, 5.41) is 9.39. The van der Waals surface area contributed by atoms with Gasteiger partial charge in [-0.25, -0.2) is 9.37 Å². The molecule has 0 spiro atoms. The molecule has 0 saturated heterocycles. The van der Waals surface area contributed by atoms with E-state index in [2.05, 4.69) is 9.97 Å². The molecule has 0 saturated carbocycles. The van der Waals surface area contributed by atoms with Crippen LogP contribution in [0.3, 0.4) is 0 Å². The number of aromatic amines is 1. The minimum atomic E-state index is -0.835. The van der Waals surface area contributed by atoms with Crippen LogP contribution in [0.4, 0.5) is 4.39 Å². The van der Waals surface area contributed by atoms with Gasteiger partial charge in [0.05, 0.1) is 24.3 Å². The Morgan fingerprint density at radius 3 is 2.96 bits per heavy atom. The van der Waals surface area contributed by atoms with Crippen LogP contribution >= 0.6 is 0 Å². The number of halogens is 1. The number of carboxylic acid groups (broad SMARTS) is 1. The van der Waals surface area contributed by atoms with Gasteiger partial charge >= 0.3 is 5.97 Å². The van der Waals surface area contributed by atoms with Crippen molar-refractivity contribution >= 4 is 5.97 Å². The van der Waals surface area contributed by atoms with Gasteiger partial charge in [-0.2, -0.15) is 0 Å². The number of carboxylic acids is 1. The summed E-state index contributed by atoms with van der Waals surface area (Å²) in [6, 6.07) is 5.29. The lowest BCUT2D eigenvalue weighted by Gasteiger charge is -2.32. The molecule has 0 bridgehead atoms. The first-order valence-corrected chi connectivity index (χ1v) is 7.50. The van der Waals surface area contributed by atoms with Gasteiger partial charge in [0.2, 0.25) is 0 Å². The quantitative estimate of drug-likeness (QED) is 0.794. The number of H-pyrrole nitrogens is 1. The Morgan fingerprint density at radius 1 is 1.43 bits per heavy atom. The van der Waals surface area contributed by atoms with Crippen molar-refractivity contribution in [2.45, 2.75) is 25.4 Å². The summed E-state index contributed by atoms with van der Waals surface area (Å²) in [6.07, 6.45) is 2.70. The molecule has 1 aliphatic heterocycles. The number of nitrogens with one attached hydrogen (secondary N) is 1. The summed E-state index contributed by atoms with van der Waals surface area (Å²) in [7, 11) is 0. The monoisotopic (exact) mass is 319 g/mol. The molecule has 0 aliphatic carbocycles. The highest BCUT2D eigenvalue weighted by atomic mass is 19.1. The molecule has 7 heteroatoms. The van der Waals surface area contributed by atoms with Crippen molar-refractivity contribution < 1.29 is 19.0 Å². The number of nitrogens with zero attached hydrogens (tertiary/aromatic N) is 2. The highest BCUT2D eigenvalue weighted by molar-refractivity contribution is 5.74. The third kappa shape index (κ3) is 3.68. The van der Waals surface area contributed by atoms with Crippen molar-refractivity contribution in [3.05, 3.63) is 47.8 Å². The SMILES string of the molecule is O=C(O)[C@@H]1Cc2nc[nH]c2CN1CCCOc1ccc(F)cc1. The summed E-state index contributed by atoms with van der Waals surface area (Å²) < 4.78 is 18.3. The second-order valence-electron chi connectivity index (χ2n) is 5.51. The molecule has 0 fully saturated rings. The average Bonchev–Trinajstić information content (AvgIpc) is 2.99. The molecule has 2 N–H and O–H groups in total. The van der Waals surface area contributed by atoms with Gasteiger partial charge in [0, 0.05) is 19.5 Å². The van der Waals surface area contributed by atoms with Gasteiger partial charge in [-0.3, -0.25) is 9.69 Å². The minimum Gasteiger partial charge on any atom is -0.494 e. The van der Waals surface area contributed by atoms with E-state index in [1.165, 1.54) is 12.1 Å². The maximum absolute atomic E-state index is 12.8. The third-order valence-corrected chi connectivity index (χ3v) is 3.95. The first-order chi connectivity index (χ1) is 11.1. The van der Waals surface area contributed by atoms with Crippen LogP contribution in [0.15, 0.2) is 30.6 Å². The number of aromatic nitrogens is 2. The number of carbonyl (C=O) groups is 1. The number of ether oxygens (including phenoxy) is 1. The molecule has 122 valence electrons. The fourth-order valence-corrected chi connectivity index (χ4v) is 2.75. The molecular formula is C16H18FN3O3. The molecular weight excluding hydrogens is 301 g/mol. The second kappa shape index (κ2) is 6.78. The maximum atomic E-state index is 12.8. The summed E-state index contributed by atoms with van der Waals surface area (Å²) in [5.41, 5.74) is 1.80. The third-order valence-electron chi connectivity index (χ3n) is 3.95. The molecule has 2 heterocycles. The fraction of sp³-hybridized carbons (Fsp3) is 0.375. The molecule has 1 atom stereocenters. The van der Waals surface area contributed by atoms with E-state index in [0.717, 1.165) is 11.4 Å². The Hall–Kier alpha value is -2.41. The first kappa shape index (κ1) is 15.5. The summed E-state index contributed by atoms with van der Waals surface area (Å²) >= 11 is 0. The molecule has 1 aromatic carbocycles. The van der Waals surface area contributed by atoms with Crippen molar-refractivity contribution in [3.63, 3.8) is 0 Å². The zero-order valence-electron chi connectivity index (χ0n) is 12.5. The Labute approximate surface area is 132 Å². The zero-order chi connectivity index (χ0) is 16.2. The van der Waals surface area contributed by atoms with Gasteiger partial charge in [-0.15, -0.1) is 0 Å². The molecule has 1 aromatic heterocycles. The maximum Gasteiger partial charge on any atom is 0.321 e. The summed E-state index contributed by atoms with van der Waals surface area (Å²) in [4.78, 5) is 20.6. The lowest BCUT2D eigenvalue weighted by Crippen LogP contribution is -2.46. The standard InChI is InChI=1S/C16H18FN3O3/c17-11-2-4-12(5-3-11)23-7-1-6-20-9-14-13(18-10-19-14)8-15(20)16(21)22/h2-5,10,15H,1,6-9H2,(H,18,19)(H,21,22)/t15-/m0/s1. The predicted molar refractivity (Wildman–Crippen MR) is 80.6 cm³/mol. The van der Waals surface area contributed by atoms with E-state index < -0.39 is 12.0 Å². The molecule has 0 amide bonds. The van der Waals surface area contributed by atoms with Crippen LogP contribution in [-0.4, -0.2) is 45.1 Å². The highest BCUT2D eigenvalue weighted by Gasteiger charge is 2.32. The van der Waals surface area contributed by atoms with Gasteiger partial charge < -0.3 is 14.8 Å². The molecule has 2 aromatic rings. The Balaban J connectivity index is 1.52. The van der Waals surface area contributed by atoms with Crippen molar-refractivity contribution in [2.24, 2.45) is 0 Å². The van der Waals surface area contributed by atoms with Gasteiger partial charge in [0.1, 0.15) is 17.6 Å². The zero-order valence-corrected chi connectivity index (χ0v) is 12.5. The Morgan fingerprint density at radius 2 is 2.22 bits per heavy atom. The largest absolute Gasteiger partial charge is 0.494 e. The van der Waals surface area contributed by atoms with Crippen LogP contribution in [0.2, 0.25) is 0 Å². The number of fused-ring (bicyclic) bond motifs is 1. The molecule has 6 nitrogen and oxygen atoms in total. The Bertz CT molecular complexity index is 671. The number of rotatable bonds is 6. The fourth-order valence-electron chi connectivity index (χ4n) is 2.75. The van der Waals surface area contributed by atoms with E-state index in [0.29, 0.717) is 38.3 Å². The van der Waals surface area contributed by atoms with Gasteiger partial charge in [-0.1, -0.05) is 0 Å². The number of hydrogen-bond acceptors (Lipinski definition) is 4. The number of benzene rings is 1. The van der Waals surface area contributed by atoms with Crippen LogP contribution in [-0.2, 0) is 17.8 Å². The molecule has 3 rings (SSSR count). The Kier molecular flexibility index (Phi) is 4.57. The number of hydrogen-bond donors (Lipinski definition) is 2. The van der Waals surface area contributed by atoms with Gasteiger partial charge in [0.25, 0.3) is 0 Å². The lowest BCUT2D eigenvalue weighted by atomic mass is 10.0. The summed E-state index contributed by atoms with van der Waals surface area (Å²) in [6.45, 7) is 1.60. The van der Waals surface area contributed by atoms with Crippen LogP contribution < -0.4 is 4.74 Å². The van der Waals surface area contributed by atoms with E-state index in [1.807, 2.05) is 4.90 Å². The van der Waals surface area contributed by atoms with E-state index in [-0.39, 0.29) is 5.82 Å².